The van der Waals surface area contributed by atoms with E-state index in [1.165, 1.54) is 17.8 Å². The number of ether oxygens (including phenoxy) is 2. The lowest BCUT2D eigenvalue weighted by Crippen LogP contribution is -2.42. The Hall–Kier alpha value is -3.34. The zero-order chi connectivity index (χ0) is 20.7. The molecule has 30 heavy (non-hydrogen) atoms. The van der Waals surface area contributed by atoms with Crippen molar-refractivity contribution in [2.45, 2.75) is 13.3 Å². The Morgan fingerprint density at radius 3 is 2.43 bits per heavy atom. The number of hydrogen-bond donors (Lipinski definition) is 0. The van der Waals surface area contributed by atoms with Crippen LogP contribution in [0.3, 0.4) is 0 Å². The van der Waals surface area contributed by atoms with Crippen molar-refractivity contribution >= 4 is 11.4 Å². The highest BCUT2D eigenvalue weighted by atomic mass is 19.1. The molecule has 2 aromatic carbocycles. The van der Waals surface area contributed by atoms with Crippen molar-refractivity contribution in [2.24, 2.45) is 16.3 Å². The highest BCUT2D eigenvalue weighted by Crippen LogP contribution is 2.53. The minimum absolute atomic E-state index is 0.155. The molecule has 3 aliphatic rings. The number of aliphatic imine (C=N–C) groups is 1. The number of rotatable bonds is 4. The number of hydrogen-bond acceptors (Lipinski definition) is 4. The highest BCUT2D eigenvalue weighted by Gasteiger charge is 2.53. The average molecular weight is 402 g/mol. The second kappa shape index (κ2) is 7.17. The van der Waals surface area contributed by atoms with Gasteiger partial charge in [0.1, 0.15) is 23.1 Å². The van der Waals surface area contributed by atoms with E-state index in [4.69, 9.17) is 14.5 Å². The van der Waals surface area contributed by atoms with Gasteiger partial charge in [-0.1, -0.05) is 13.0 Å². The largest absolute Gasteiger partial charge is 0.495 e. The van der Waals surface area contributed by atoms with E-state index in [2.05, 4.69) is 36.1 Å². The second-order valence-corrected chi connectivity index (χ2v) is 7.82. The molecule has 2 aromatic rings. The topological polar surface area (TPSA) is 34.1 Å². The van der Waals surface area contributed by atoms with Crippen LogP contribution in [0.15, 0.2) is 89.4 Å². The Morgan fingerprint density at radius 1 is 1.03 bits per heavy atom. The van der Waals surface area contributed by atoms with Gasteiger partial charge in [-0.05, 0) is 73.0 Å². The van der Waals surface area contributed by atoms with Gasteiger partial charge < -0.3 is 14.4 Å². The van der Waals surface area contributed by atoms with Crippen molar-refractivity contribution in [2.75, 3.05) is 18.6 Å². The van der Waals surface area contributed by atoms with E-state index >= 15 is 0 Å². The Morgan fingerprint density at radius 2 is 1.73 bits per heavy atom. The van der Waals surface area contributed by atoms with Crippen LogP contribution in [0.2, 0.25) is 0 Å². The quantitative estimate of drug-likeness (QED) is 0.644. The van der Waals surface area contributed by atoms with Crippen LogP contribution in [0, 0.1) is 17.2 Å². The van der Waals surface area contributed by atoms with E-state index in [9.17, 15) is 4.39 Å². The van der Waals surface area contributed by atoms with E-state index in [-0.39, 0.29) is 11.2 Å². The summed E-state index contributed by atoms with van der Waals surface area (Å²) in [6, 6.07) is 14.1. The molecule has 0 amide bonds. The number of benzene rings is 2. The highest BCUT2D eigenvalue weighted by molar-refractivity contribution is 6.08. The van der Waals surface area contributed by atoms with Crippen LogP contribution in [0.4, 0.5) is 10.1 Å². The van der Waals surface area contributed by atoms with Crippen molar-refractivity contribution in [1.82, 2.24) is 0 Å². The predicted octanol–water partition coefficient (Wildman–Crippen LogP) is 5.85. The van der Waals surface area contributed by atoms with Crippen LogP contribution in [0.25, 0.3) is 0 Å². The van der Waals surface area contributed by atoms with Gasteiger partial charge in [-0.15, -0.1) is 0 Å². The van der Waals surface area contributed by atoms with Gasteiger partial charge in [-0.25, -0.2) is 4.39 Å². The zero-order valence-corrected chi connectivity index (χ0v) is 17.0. The lowest BCUT2D eigenvalue weighted by molar-refractivity contribution is 0.294. The third-order valence-corrected chi connectivity index (χ3v) is 6.30. The van der Waals surface area contributed by atoms with Crippen LogP contribution in [0.1, 0.15) is 13.3 Å². The maximum Gasteiger partial charge on any atom is 0.141 e. The number of anilines is 1. The van der Waals surface area contributed by atoms with Gasteiger partial charge in [0, 0.05) is 24.1 Å². The molecule has 0 radical (unpaired) electrons. The molecule has 2 heterocycles. The molecule has 2 aliphatic heterocycles. The smallest absolute Gasteiger partial charge is 0.141 e. The van der Waals surface area contributed by atoms with Crippen LogP contribution in [0.5, 0.6) is 11.5 Å². The monoisotopic (exact) mass is 402 g/mol. The summed E-state index contributed by atoms with van der Waals surface area (Å²) in [5, 5.41) is 0. The summed E-state index contributed by atoms with van der Waals surface area (Å²) in [6.07, 6.45) is 9.24. The molecule has 5 heteroatoms. The molecule has 1 spiro atoms. The van der Waals surface area contributed by atoms with Crippen molar-refractivity contribution < 1.29 is 13.9 Å². The van der Waals surface area contributed by atoms with Crippen LogP contribution in [-0.2, 0) is 4.74 Å². The van der Waals surface area contributed by atoms with Crippen LogP contribution < -0.4 is 9.64 Å². The van der Waals surface area contributed by atoms with Crippen molar-refractivity contribution in [3.8, 4) is 11.5 Å². The first-order valence-electron chi connectivity index (χ1n) is 10.1. The number of allylic oxidation sites excluding steroid dienone is 5. The molecular formula is C25H23FN2O2. The number of halogens is 1. The summed E-state index contributed by atoms with van der Waals surface area (Å²) in [5.41, 5.74) is 3.24. The van der Waals surface area contributed by atoms with Crippen LogP contribution in [-0.4, -0.2) is 19.4 Å². The van der Waals surface area contributed by atoms with Gasteiger partial charge in [-0.2, -0.15) is 0 Å². The van der Waals surface area contributed by atoms with Crippen molar-refractivity contribution in [3.05, 3.63) is 90.2 Å². The maximum atomic E-state index is 13.1. The minimum Gasteiger partial charge on any atom is -0.495 e. The van der Waals surface area contributed by atoms with Gasteiger partial charge in [0.15, 0.2) is 0 Å². The van der Waals surface area contributed by atoms with Gasteiger partial charge >= 0.3 is 0 Å². The predicted molar refractivity (Wildman–Crippen MR) is 116 cm³/mol. The van der Waals surface area contributed by atoms with E-state index in [1.807, 2.05) is 24.4 Å². The molecule has 0 aromatic heterocycles. The lowest BCUT2D eigenvalue weighted by atomic mass is 9.66. The standard InChI is InChI=1S/C25H23FN2O2/c1-17-13-15-27-24-22(29-2)11-12-23-25(17,24)14-16-28(23)19-5-9-21(10-6-19)30-20-7-3-18(26)4-8-20/h3-13,15,17H,14,16H2,1-2H3. The van der Waals surface area contributed by atoms with E-state index in [0.717, 1.165) is 35.9 Å². The first-order valence-corrected chi connectivity index (χ1v) is 10.1. The third kappa shape index (κ3) is 2.84. The SMILES string of the molecule is COC1=CC=C2N(c3ccc(Oc4ccc(F)cc4)cc3)CCC23C1=NC=CC3C. The van der Waals surface area contributed by atoms with E-state index in [0.29, 0.717) is 11.7 Å². The molecule has 5 rings (SSSR count). The van der Waals surface area contributed by atoms with Crippen molar-refractivity contribution in [3.63, 3.8) is 0 Å². The molecule has 0 saturated carbocycles. The van der Waals surface area contributed by atoms with Gasteiger partial charge in [0.25, 0.3) is 0 Å². The molecule has 0 N–H and O–H groups in total. The fourth-order valence-corrected chi connectivity index (χ4v) is 4.74. The molecule has 4 nitrogen and oxygen atoms in total. The second-order valence-electron chi connectivity index (χ2n) is 7.82. The Bertz CT molecular complexity index is 1080. The lowest BCUT2D eigenvalue weighted by Gasteiger charge is -2.41. The average Bonchev–Trinajstić information content (AvgIpc) is 3.16. The Labute approximate surface area is 175 Å². The van der Waals surface area contributed by atoms with Gasteiger partial charge in [0.05, 0.1) is 18.2 Å². The molecule has 1 fully saturated rings. The molecule has 152 valence electrons. The molecular weight excluding hydrogens is 379 g/mol. The molecule has 2 atom stereocenters. The maximum absolute atomic E-state index is 13.1. The summed E-state index contributed by atoms with van der Waals surface area (Å²) in [7, 11) is 1.70. The molecule has 1 aliphatic carbocycles. The first kappa shape index (κ1) is 18.7. The van der Waals surface area contributed by atoms with E-state index < -0.39 is 0 Å². The Balaban J connectivity index is 1.44. The van der Waals surface area contributed by atoms with Gasteiger partial charge in [-0.3, -0.25) is 4.99 Å². The zero-order valence-electron chi connectivity index (χ0n) is 17.0. The molecule has 1 saturated heterocycles. The van der Waals surface area contributed by atoms with Crippen molar-refractivity contribution in [1.29, 1.82) is 0 Å². The van der Waals surface area contributed by atoms with E-state index in [1.54, 1.807) is 19.2 Å². The molecule has 0 bridgehead atoms. The minimum atomic E-state index is -0.276. The first-order chi connectivity index (χ1) is 14.6. The summed E-state index contributed by atoms with van der Waals surface area (Å²) >= 11 is 0. The summed E-state index contributed by atoms with van der Waals surface area (Å²) in [6.45, 7) is 3.16. The third-order valence-electron chi connectivity index (χ3n) is 6.30. The van der Waals surface area contributed by atoms with Crippen LogP contribution >= 0.6 is 0 Å². The molecule has 2 unspecified atom stereocenters. The van der Waals surface area contributed by atoms with Gasteiger partial charge in [0.2, 0.25) is 0 Å². The fraction of sp³-hybridized carbons (Fsp3) is 0.240. The Kier molecular flexibility index (Phi) is 4.46. The normalized spacial score (nSPS) is 24.4. The number of nitrogens with zero attached hydrogens (tertiary/aromatic N) is 2. The fourth-order valence-electron chi connectivity index (χ4n) is 4.74. The number of methoxy groups -OCH3 is 1. The summed E-state index contributed by atoms with van der Waals surface area (Å²) in [4.78, 5) is 7.07. The summed E-state index contributed by atoms with van der Waals surface area (Å²) < 4.78 is 24.5. The summed E-state index contributed by atoms with van der Waals surface area (Å²) in [5.74, 6) is 2.23.